The number of hydrogen-bond acceptors (Lipinski definition) is 2. The van der Waals surface area contributed by atoms with Crippen LogP contribution in [0.2, 0.25) is 0 Å². The van der Waals surface area contributed by atoms with Gasteiger partial charge in [-0.15, -0.1) is 0 Å². The van der Waals surface area contributed by atoms with Gasteiger partial charge in [0.15, 0.2) is 0 Å². The van der Waals surface area contributed by atoms with Crippen LogP contribution in [-0.4, -0.2) is 35.0 Å². The maximum Gasteiger partial charge on any atom is 0.311 e. The summed E-state index contributed by atoms with van der Waals surface area (Å²) in [6.07, 6.45) is 0.315. The van der Waals surface area contributed by atoms with Crippen molar-refractivity contribution in [3.63, 3.8) is 0 Å². The van der Waals surface area contributed by atoms with Gasteiger partial charge in [-0.3, -0.25) is 9.59 Å². The largest absolute Gasteiger partial charge is 0.481 e. The third-order valence-corrected chi connectivity index (χ3v) is 3.76. The van der Waals surface area contributed by atoms with Gasteiger partial charge >= 0.3 is 5.97 Å². The van der Waals surface area contributed by atoms with Crippen molar-refractivity contribution in [3.8, 4) is 0 Å². The maximum atomic E-state index is 13.7. The Balaban J connectivity index is 2.26. The van der Waals surface area contributed by atoms with Crippen molar-refractivity contribution < 1.29 is 23.5 Å². The fraction of sp³-hybridized carbons (Fsp3) is 0.429. The normalized spacial score (nSPS) is 22.1. The quantitative estimate of drug-likeness (QED) is 0.905. The molecule has 1 aliphatic rings. The molecule has 0 aliphatic carbocycles. The predicted octanol–water partition coefficient (Wildman–Crippen LogP) is 2.21. The molecule has 0 aromatic heterocycles. The highest BCUT2D eigenvalue weighted by Gasteiger charge is 2.42. The Bertz CT molecular complexity index is 588. The molecule has 1 aromatic carbocycles. The summed E-state index contributed by atoms with van der Waals surface area (Å²) in [5.41, 5.74) is -1.06. The van der Waals surface area contributed by atoms with Crippen LogP contribution < -0.4 is 0 Å². The smallest absolute Gasteiger partial charge is 0.311 e. The first-order valence-electron chi connectivity index (χ1n) is 6.23. The first-order chi connectivity index (χ1) is 9.24. The average molecular weight is 283 g/mol. The maximum absolute atomic E-state index is 13.7. The number of amides is 1. The molecule has 108 valence electrons. The van der Waals surface area contributed by atoms with Crippen molar-refractivity contribution in [2.24, 2.45) is 5.41 Å². The first-order valence-corrected chi connectivity index (χ1v) is 6.23. The van der Waals surface area contributed by atoms with Gasteiger partial charge in [-0.2, -0.15) is 0 Å². The molecule has 1 heterocycles. The van der Waals surface area contributed by atoms with E-state index in [-0.39, 0.29) is 24.2 Å². The van der Waals surface area contributed by atoms with Gasteiger partial charge < -0.3 is 10.0 Å². The fourth-order valence-corrected chi connectivity index (χ4v) is 2.30. The van der Waals surface area contributed by atoms with Gasteiger partial charge in [0.25, 0.3) is 5.91 Å². The Labute approximate surface area is 115 Å². The summed E-state index contributed by atoms with van der Waals surface area (Å²) in [6, 6.07) is 1.83. The van der Waals surface area contributed by atoms with E-state index in [1.807, 2.05) is 0 Å². The van der Waals surface area contributed by atoms with Gasteiger partial charge in [0.2, 0.25) is 0 Å². The number of hydrogen-bond donors (Lipinski definition) is 1. The molecule has 2 rings (SSSR count). The molecular weight excluding hydrogens is 268 g/mol. The Hall–Kier alpha value is -1.98. The SMILES string of the molecule is Cc1cc(C(=O)N2CCC(C)(C(=O)O)C2)c(F)cc1F. The summed E-state index contributed by atoms with van der Waals surface area (Å²) in [5, 5.41) is 9.12. The average Bonchev–Trinajstić information content (AvgIpc) is 2.77. The minimum absolute atomic E-state index is 0.0248. The molecule has 1 N–H and O–H groups in total. The summed E-state index contributed by atoms with van der Waals surface area (Å²) in [7, 11) is 0. The number of aryl methyl sites for hydroxylation is 1. The zero-order valence-electron chi connectivity index (χ0n) is 11.2. The Kier molecular flexibility index (Phi) is 3.50. The molecule has 1 aliphatic heterocycles. The lowest BCUT2D eigenvalue weighted by Gasteiger charge is -2.20. The van der Waals surface area contributed by atoms with Gasteiger partial charge in [0.1, 0.15) is 11.6 Å². The van der Waals surface area contributed by atoms with Crippen LogP contribution in [0, 0.1) is 24.0 Å². The predicted molar refractivity (Wildman–Crippen MR) is 67.4 cm³/mol. The number of halogens is 2. The van der Waals surface area contributed by atoms with E-state index in [1.165, 1.54) is 11.8 Å². The van der Waals surface area contributed by atoms with Gasteiger partial charge in [-0.05, 0) is 31.9 Å². The highest BCUT2D eigenvalue weighted by molar-refractivity contribution is 5.95. The molecule has 1 unspecified atom stereocenters. The minimum Gasteiger partial charge on any atom is -0.481 e. The van der Waals surface area contributed by atoms with E-state index in [2.05, 4.69) is 0 Å². The second-order valence-corrected chi connectivity index (χ2v) is 5.42. The number of carboxylic acids is 1. The molecule has 6 heteroatoms. The molecule has 1 atom stereocenters. The van der Waals surface area contributed by atoms with Crippen molar-refractivity contribution in [1.82, 2.24) is 4.90 Å². The van der Waals surface area contributed by atoms with Crippen molar-refractivity contribution in [1.29, 1.82) is 0 Å². The number of carbonyl (C=O) groups excluding carboxylic acids is 1. The standard InChI is InChI=1S/C14H15F2NO3/c1-8-5-9(11(16)6-10(8)15)12(18)17-4-3-14(2,7-17)13(19)20/h5-6H,3-4,7H2,1-2H3,(H,19,20). The zero-order valence-corrected chi connectivity index (χ0v) is 11.2. The van der Waals surface area contributed by atoms with E-state index in [1.54, 1.807) is 6.92 Å². The monoisotopic (exact) mass is 283 g/mol. The molecule has 4 nitrogen and oxygen atoms in total. The lowest BCUT2D eigenvalue weighted by molar-refractivity contribution is -0.147. The second kappa shape index (κ2) is 4.85. The van der Waals surface area contributed by atoms with Crippen LogP contribution in [0.5, 0.6) is 0 Å². The molecule has 20 heavy (non-hydrogen) atoms. The van der Waals surface area contributed by atoms with E-state index < -0.39 is 28.9 Å². The summed E-state index contributed by atoms with van der Waals surface area (Å²) < 4.78 is 26.9. The molecule has 1 saturated heterocycles. The van der Waals surface area contributed by atoms with Crippen LogP contribution in [0.25, 0.3) is 0 Å². The van der Waals surface area contributed by atoms with Crippen LogP contribution in [0.1, 0.15) is 29.3 Å². The Morgan fingerprint density at radius 1 is 1.30 bits per heavy atom. The van der Waals surface area contributed by atoms with Crippen molar-refractivity contribution in [3.05, 3.63) is 34.9 Å². The molecule has 1 fully saturated rings. The first kappa shape index (κ1) is 14.4. The number of rotatable bonds is 2. The Morgan fingerprint density at radius 3 is 2.50 bits per heavy atom. The summed E-state index contributed by atoms with van der Waals surface area (Å²) in [6.45, 7) is 3.26. The third-order valence-electron chi connectivity index (χ3n) is 3.76. The summed E-state index contributed by atoms with van der Waals surface area (Å²) in [4.78, 5) is 24.6. The number of carboxylic acid groups (broad SMARTS) is 1. The van der Waals surface area contributed by atoms with Crippen LogP contribution in [0.3, 0.4) is 0 Å². The van der Waals surface area contributed by atoms with Crippen molar-refractivity contribution in [2.45, 2.75) is 20.3 Å². The van der Waals surface area contributed by atoms with Gasteiger partial charge in [-0.1, -0.05) is 0 Å². The highest BCUT2D eigenvalue weighted by Crippen LogP contribution is 2.31. The molecule has 1 aromatic rings. The summed E-state index contributed by atoms with van der Waals surface area (Å²) in [5.74, 6) is -3.22. The lowest BCUT2D eigenvalue weighted by atomic mass is 9.90. The van der Waals surface area contributed by atoms with Gasteiger partial charge in [0, 0.05) is 19.2 Å². The molecule has 0 saturated carbocycles. The van der Waals surface area contributed by atoms with Crippen LogP contribution in [0.4, 0.5) is 8.78 Å². The van der Waals surface area contributed by atoms with E-state index >= 15 is 0 Å². The Morgan fingerprint density at radius 2 is 1.95 bits per heavy atom. The van der Waals surface area contributed by atoms with Crippen LogP contribution in [0.15, 0.2) is 12.1 Å². The lowest BCUT2D eigenvalue weighted by Crippen LogP contribution is -2.35. The molecule has 0 radical (unpaired) electrons. The highest BCUT2D eigenvalue weighted by atomic mass is 19.1. The zero-order chi connectivity index (χ0) is 15.1. The van der Waals surface area contributed by atoms with E-state index in [4.69, 9.17) is 5.11 Å². The minimum atomic E-state index is -1.01. The van der Waals surface area contributed by atoms with E-state index in [9.17, 15) is 18.4 Å². The number of aliphatic carboxylic acids is 1. The van der Waals surface area contributed by atoms with Gasteiger partial charge in [-0.25, -0.2) is 8.78 Å². The summed E-state index contributed by atoms with van der Waals surface area (Å²) >= 11 is 0. The van der Waals surface area contributed by atoms with Gasteiger partial charge in [0.05, 0.1) is 11.0 Å². The van der Waals surface area contributed by atoms with Crippen molar-refractivity contribution in [2.75, 3.05) is 13.1 Å². The van der Waals surface area contributed by atoms with Crippen LogP contribution >= 0.6 is 0 Å². The number of carbonyl (C=O) groups is 2. The van der Waals surface area contributed by atoms with E-state index in [0.29, 0.717) is 12.5 Å². The number of likely N-dealkylation sites (tertiary alicyclic amines) is 1. The number of nitrogens with zero attached hydrogens (tertiary/aromatic N) is 1. The van der Waals surface area contributed by atoms with Crippen LogP contribution in [-0.2, 0) is 4.79 Å². The van der Waals surface area contributed by atoms with Crippen molar-refractivity contribution >= 4 is 11.9 Å². The number of benzene rings is 1. The molecule has 0 bridgehead atoms. The molecule has 0 spiro atoms. The third kappa shape index (κ3) is 2.37. The van der Waals surface area contributed by atoms with E-state index in [0.717, 1.165) is 6.07 Å². The fourth-order valence-electron chi connectivity index (χ4n) is 2.30. The second-order valence-electron chi connectivity index (χ2n) is 5.42. The topological polar surface area (TPSA) is 57.6 Å². The molecule has 1 amide bonds. The molecular formula is C14H15F2NO3.